The maximum Gasteiger partial charge on any atom is 0.410 e. The number of aromatic nitrogens is 2. The van der Waals surface area contributed by atoms with Crippen molar-refractivity contribution in [3.63, 3.8) is 0 Å². The largest absolute Gasteiger partial charge is 0.444 e. The number of nitrogens with zero attached hydrogens (tertiary/aromatic N) is 3. The van der Waals surface area contributed by atoms with E-state index in [4.69, 9.17) is 4.74 Å². The molecule has 1 aromatic rings. The topological polar surface area (TPSA) is 84.4 Å². The van der Waals surface area contributed by atoms with Gasteiger partial charge in [0.25, 0.3) is 0 Å². The molecule has 0 radical (unpaired) electrons. The van der Waals surface area contributed by atoms with Gasteiger partial charge in [-0.15, -0.1) is 0 Å². The van der Waals surface area contributed by atoms with Crippen LogP contribution in [0.2, 0.25) is 0 Å². The van der Waals surface area contributed by atoms with Gasteiger partial charge in [-0.05, 0) is 39.5 Å². The maximum absolute atomic E-state index is 12.2. The van der Waals surface area contributed by atoms with Crippen LogP contribution in [-0.4, -0.2) is 45.6 Å². The van der Waals surface area contributed by atoms with E-state index in [2.05, 4.69) is 15.3 Å². The minimum absolute atomic E-state index is 0.00407. The van der Waals surface area contributed by atoms with Crippen LogP contribution >= 0.6 is 0 Å². The minimum Gasteiger partial charge on any atom is -0.444 e. The van der Waals surface area contributed by atoms with Crippen LogP contribution in [0.1, 0.15) is 70.1 Å². The number of hydrogen-bond acceptors (Lipinski definition) is 5. The van der Waals surface area contributed by atoms with E-state index in [1.165, 1.54) is 6.33 Å². The number of amides is 2. The van der Waals surface area contributed by atoms with E-state index in [0.29, 0.717) is 25.3 Å². The normalized spacial score (nSPS) is 21.5. The average molecular weight is 346 g/mol. The highest BCUT2D eigenvalue weighted by Crippen LogP contribution is 2.38. The quantitative estimate of drug-likeness (QED) is 0.845. The number of ether oxygens (including phenoxy) is 1. The Morgan fingerprint density at radius 1 is 1.28 bits per heavy atom. The standard InChI is InChI=1S/C18H26N4O3/c1-11-9-13(23)21-16-14(11)15(19-10-20-16)12-5-7-22(8-6-12)17(24)25-18(2,3)4/h10-12H,5-9H2,1-4H3,(H,19,20,21,23)/t11-/m1/s1. The smallest absolute Gasteiger partial charge is 0.410 e. The molecule has 136 valence electrons. The van der Waals surface area contributed by atoms with Gasteiger partial charge < -0.3 is 15.0 Å². The summed E-state index contributed by atoms with van der Waals surface area (Å²) in [4.78, 5) is 34.5. The van der Waals surface area contributed by atoms with Crippen LogP contribution in [0, 0.1) is 0 Å². The van der Waals surface area contributed by atoms with Crippen LogP contribution in [0.25, 0.3) is 0 Å². The fourth-order valence-electron chi connectivity index (χ4n) is 3.55. The molecular formula is C18H26N4O3. The third-order valence-electron chi connectivity index (χ3n) is 4.69. The Kier molecular flexibility index (Phi) is 4.67. The van der Waals surface area contributed by atoms with Crippen molar-refractivity contribution < 1.29 is 14.3 Å². The number of fused-ring (bicyclic) bond motifs is 1. The molecule has 3 rings (SSSR count). The summed E-state index contributed by atoms with van der Waals surface area (Å²) < 4.78 is 5.45. The zero-order chi connectivity index (χ0) is 18.2. The van der Waals surface area contributed by atoms with Crippen molar-refractivity contribution in [2.45, 2.75) is 64.4 Å². The second-order valence-corrected chi connectivity index (χ2v) is 7.92. The first-order valence-corrected chi connectivity index (χ1v) is 8.87. The summed E-state index contributed by atoms with van der Waals surface area (Å²) in [5, 5.41) is 2.85. The Bertz CT molecular complexity index is 675. The van der Waals surface area contributed by atoms with E-state index >= 15 is 0 Å². The summed E-state index contributed by atoms with van der Waals surface area (Å²) in [5.41, 5.74) is 1.59. The second-order valence-electron chi connectivity index (χ2n) is 7.92. The summed E-state index contributed by atoms with van der Waals surface area (Å²) in [6.07, 6.45) is 3.40. The summed E-state index contributed by atoms with van der Waals surface area (Å²) in [7, 11) is 0. The van der Waals surface area contributed by atoms with Gasteiger partial charge in [-0.2, -0.15) is 0 Å². The maximum atomic E-state index is 12.2. The van der Waals surface area contributed by atoms with Gasteiger partial charge in [0.05, 0.1) is 5.69 Å². The van der Waals surface area contributed by atoms with Crippen LogP contribution in [0.3, 0.4) is 0 Å². The molecule has 1 atom stereocenters. The lowest BCUT2D eigenvalue weighted by Crippen LogP contribution is -2.41. The fraction of sp³-hybridized carbons (Fsp3) is 0.667. The van der Waals surface area contributed by atoms with Crippen molar-refractivity contribution in [3.05, 3.63) is 17.6 Å². The highest BCUT2D eigenvalue weighted by Gasteiger charge is 2.33. The molecular weight excluding hydrogens is 320 g/mol. The highest BCUT2D eigenvalue weighted by atomic mass is 16.6. The van der Waals surface area contributed by atoms with Gasteiger partial charge in [0.2, 0.25) is 5.91 Å². The van der Waals surface area contributed by atoms with E-state index in [1.54, 1.807) is 4.90 Å². The number of nitrogens with one attached hydrogen (secondary N) is 1. The van der Waals surface area contributed by atoms with Crippen molar-refractivity contribution >= 4 is 17.8 Å². The number of piperidine rings is 1. The third kappa shape index (κ3) is 3.91. The lowest BCUT2D eigenvalue weighted by molar-refractivity contribution is -0.116. The Hall–Kier alpha value is -2.18. The molecule has 0 unspecified atom stereocenters. The predicted molar refractivity (Wildman–Crippen MR) is 93.5 cm³/mol. The van der Waals surface area contributed by atoms with Crippen molar-refractivity contribution in [2.75, 3.05) is 18.4 Å². The van der Waals surface area contributed by atoms with Crippen molar-refractivity contribution in [3.8, 4) is 0 Å². The zero-order valence-electron chi connectivity index (χ0n) is 15.3. The van der Waals surface area contributed by atoms with Crippen LogP contribution < -0.4 is 5.32 Å². The van der Waals surface area contributed by atoms with Crippen LogP contribution in [0.15, 0.2) is 6.33 Å². The van der Waals surface area contributed by atoms with Gasteiger partial charge in [-0.3, -0.25) is 4.79 Å². The molecule has 2 aliphatic rings. The van der Waals surface area contributed by atoms with Crippen molar-refractivity contribution in [1.29, 1.82) is 0 Å². The summed E-state index contributed by atoms with van der Waals surface area (Å²) in [6, 6.07) is 0. The van der Waals surface area contributed by atoms with Crippen LogP contribution in [0.4, 0.5) is 10.6 Å². The molecule has 1 saturated heterocycles. The number of carbonyl (C=O) groups excluding carboxylic acids is 2. The molecule has 0 aliphatic carbocycles. The zero-order valence-corrected chi connectivity index (χ0v) is 15.3. The van der Waals surface area contributed by atoms with Gasteiger partial charge in [-0.25, -0.2) is 14.8 Å². The van der Waals surface area contributed by atoms with E-state index in [0.717, 1.165) is 24.1 Å². The Morgan fingerprint density at radius 2 is 1.96 bits per heavy atom. The molecule has 2 aliphatic heterocycles. The first-order chi connectivity index (χ1) is 11.7. The van der Waals surface area contributed by atoms with Crippen LogP contribution in [-0.2, 0) is 9.53 Å². The SMILES string of the molecule is C[C@@H]1CC(=O)Nc2ncnc(C3CCN(C(=O)OC(C)(C)C)CC3)c21. The molecule has 0 aromatic carbocycles. The summed E-state index contributed by atoms with van der Waals surface area (Å²) in [5.74, 6) is 1.03. The third-order valence-corrected chi connectivity index (χ3v) is 4.69. The molecule has 1 aromatic heterocycles. The first kappa shape index (κ1) is 17.6. The van der Waals surface area contributed by atoms with E-state index < -0.39 is 5.60 Å². The lowest BCUT2D eigenvalue weighted by atomic mass is 9.84. The van der Waals surface area contributed by atoms with Gasteiger partial charge >= 0.3 is 6.09 Å². The molecule has 0 bridgehead atoms. The molecule has 25 heavy (non-hydrogen) atoms. The molecule has 7 nitrogen and oxygen atoms in total. The number of anilines is 1. The fourth-order valence-corrected chi connectivity index (χ4v) is 3.55. The molecule has 1 N–H and O–H groups in total. The van der Waals surface area contributed by atoms with E-state index in [-0.39, 0.29) is 23.8 Å². The van der Waals surface area contributed by atoms with E-state index in [9.17, 15) is 9.59 Å². The summed E-state index contributed by atoms with van der Waals surface area (Å²) >= 11 is 0. The average Bonchev–Trinajstić information content (AvgIpc) is 2.52. The van der Waals surface area contributed by atoms with E-state index in [1.807, 2.05) is 27.7 Å². The Morgan fingerprint density at radius 3 is 2.60 bits per heavy atom. The first-order valence-electron chi connectivity index (χ1n) is 8.87. The van der Waals surface area contributed by atoms with Crippen molar-refractivity contribution in [1.82, 2.24) is 14.9 Å². The number of likely N-dealkylation sites (tertiary alicyclic amines) is 1. The van der Waals surface area contributed by atoms with Crippen LogP contribution in [0.5, 0.6) is 0 Å². The van der Waals surface area contributed by atoms with Gasteiger partial charge in [0, 0.05) is 31.0 Å². The molecule has 7 heteroatoms. The Labute approximate surface area is 148 Å². The van der Waals surface area contributed by atoms with Gasteiger partial charge in [-0.1, -0.05) is 6.92 Å². The second kappa shape index (κ2) is 6.61. The van der Waals surface area contributed by atoms with Crippen molar-refractivity contribution in [2.24, 2.45) is 0 Å². The number of hydrogen-bond donors (Lipinski definition) is 1. The molecule has 3 heterocycles. The number of carbonyl (C=O) groups is 2. The molecule has 0 spiro atoms. The minimum atomic E-state index is -0.479. The van der Waals surface area contributed by atoms with Gasteiger partial charge in [0.15, 0.2) is 0 Å². The predicted octanol–water partition coefficient (Wildman–Crippen LogP) is 3.04. The highest BCUT2D eigenvalue weighted by molar-refractivity contribution is 5.93. The summed E-state index contributed by atoms with van der Waals surface area (Å²) in [6.45, 7) is 8.97. The molecule has 1 fully saturated rings. The monoisotopic (exact) mass is 346 g/mol. The van der Waals surface area contributed by atoms with Gasteiger partial charge in [0.1, 0.15) is 17.7 Å². The number of rotatable bonds is 1. The molecule has 2 amide bonds. The Balaban J connectivity index is 1.71. The molecule has 0 saturated carbocycles. The lowest BCUT2D eigenvalue weighted by Gasteiger charge is -2.34.